The van der Waals surface area contributed by atoms with Gasteiger partial charge in [0.05, 0.1) is 6.54 Å². The number of alkyl carbamates (subject to hydrolysis) is 1. The van der Waals surface area contributed by atoms with Gasteiger partial charge in [0.25, 0.3) is 5.91 Å². The molecule has 0 aromatic heterocycles. The Balaban J connectivity index is 1.56. The molecule has 226 valence electrons. The van der Waals surface area contributed by atoms with Gasteiger partial charge in [0.2, 0.25) is 5.91 Å². The standard InChI is InChI=1S/C34H39N3O6/c1-32(2,3)43-31(41)36-34(21-24-15-9-6-10-16-24)23-37(29(34)39)27(26-19-13-8-14-20-26)28(38)35-33(4,5)30(40)42-22-25-17-11-7-12-18-25/h6-20,27H,21-23H2,1-5H3,(H,35,38)(H,36,41)/t27-,34-/m1/s1. The van der Waals surface area contributed by atoms with E-state index in [1.807, 2.05) is 66.7 Å². The first kappa shape index (κ1) is 31.3. The SMILES string of the molecule is CC(C)(C)OC(=O)N[C@]1(Cc2ccccc2)CN([C@@H](C(=O)NC(C)(C)C(=O)OCc2ccccc2)c2ccccc2)C1=O. The maximum atomic E-state index is 14.1. The zero-order chi connectivity index (χ0) is 31.3. The van der Waals surface area contributed by atoms with Gasteiger partial charge in [-0.15, -0.1) is 0 Å². The summed E-state index contributed by atoms with van der Waals surface area (Å²) in [6.07, 6.45) is -0.512. The van der Waals surface area contributed by atoms with Crippen LogP contribution in [0.1, 0.15) is 57.4 Å². The topological polar surface area (TPSA) is 114 Å². The van der Waals surface area contributed by atoms with Crippen LogP contribution in [0, 0.1) is 0 Å². The molecule has 0 unspecified atom stereocenters. The molecule has 1 heterocycles. The summed E-state index contributed by atoms with van der Waals surface area (Å²) in [4.78, 5) is 55.2. The van der Waals surface area contributed by atoms with Crippen molar-refractivity contribution >= 4 is 23.9 Å². The molecule has 9 heteroatoms. The molecule has 1 fully saturated rings. The summed E-state index contributed by atoms with van der Waals surface area (Å²) in [7, 11) is 0. The molecule has 2 N–H and O–H groups in total. The number of hydrogen-bond acceptors (Lipinski definition) is 6. The maximum absolute atomic E-state index is 14.1. The highest BCUT2D eigenvalue weighted by molar-refractivity contribution is 6.00. The van der Waals surface area contributed by atoms with Gasteiger partial charge < -0.3 is 25.0 Å². The molecule has 3 aromatic carbocycles. The minimum absolute atomic E-state index is 0.0475. The van der Waals surface area contributed by atoms with Crippen molar-refractivity contribution in [1.29, 1.82) is 0 Å². The molecule has 3 amide bonds. The van der Waals surface area contributed by atoms with Crippen molar-refractivity contribution in [1.82, 2.24) is 15.5 Å². The molecule has 43 heavy (non-hydrogen) atoms. The number of nitrogens with zero attached hydrogens (tertiary/aromatic N) is 1. The van der Waals surface area contributed by atoms with Crippen molar-refractivity contribution in [2.24, 2.45) is 0 Å². The summed E-state index contributed by atoms with van der Waals surface area (Å²) >= 11 is 0. The van der Waals surface area contributed by atoms with Gasteiger partial charge in [0.15, 0.2) is 0 Å². The number of esters is 1. The third-order valence-corrected chi connectivity index (χ3v) is 7.03. The van der Waals surface area contributed by atoms with Crippen molar-refractivity contribution in [2.75, 3.05) is 6.54 Å². The lowest BCUT2D eigenvalue weighted by atomic mass is 9.80. The number of rotatable bonds is 10. The molecule has 1 aliphatic heterocycles. The van der Waals surface area contributed by atoms with Gasteiger partial charge in [-0.25, -0.2) is 9.59 Å². The Labute approximate surface area is 252 Å². The predicted molar refractivity (Wildman–Crippen MR) is 162 cm³/mol. The summed E-state index contributed by atoms with van der Waals surface area (Å²) in [6.45, 7) is 8.45. The van der Waals surface area contributed by atoms with E-state index in [1.54, 1.807) is 58.9 Å². The second kappa shape index (κ2) is 12.7. The number of likely N-dealkylation sites (tertiary alicyclic amines) is 1. The van der Waals surface area contributed by atoms with E-state index in [4.69, 9.17) is 9.47 Å². The second-order valence-corrected chi connectivity index (χ2v) is 12.3. The molecule has 0 radical (unpaired) electrons. The maximum Gasteiger partial charge on any atom is 0.408 e. The van der Waals surface area contributed by atoms with Crippen molar-refractivity contribution in [3.05, 3.63) is 108 Å². The van der Waals surface area contributed by atoms with Crippen molar-refractivity contribution in [2.45, 2.75) is 70.4 Å². The van der Waals surface area contributed by atoms with E-state index < -0.39 is 46.6 Å². The molecule has 1 aliphatic rings. The van der Waals surface area contributed by atoms with E-state index in [9.17, 15) is 19.2 Å². The molecular weight excluding hydrogens is 546 g/mol. The Hall–Kier alpha value is -4.66. The second-order valence-electron chi connectivity index (χ2n) is 12.3. The van der Waals surface area contributed by atoms with Crippen molar-refractivity contribution in [3.8, 4) is 0 Å². The minimum Gasteiger partial charge on any atom is -0.459 e. The zero-order valence-electron chi connectivity index (χ0n) is 25.3. The van der Waals surface area contributed by atoms with Gasteiger partial charge >= 0.3 is 12.1 Å². The molecule has 0 bridgehead atoms. The van der Waals surface area contributed by atoms with Gasteiger partial charge in [0, 0.05) is 6.42 Å². The van der Waals surface area contributed by atoms with E-state index >= 15 is 0 Å². The molecule has 0 aliphatic carbocycles. The molecular formula is C34H39N3O6. The Bertz CT molecular complexity index is 1440. The molecule has 0 spiro atoms. The third kappa shape index (κ3) is 7.80. The van der Waals surface area contributed by atoms with Gasteiger partial charge in [-0.2, -0.15) is 0 Å². The fourth-order valence-corrected chi connectivity index (χ4v) is 4.97. The highest BCUT2D eigenvalue weighted by Gasteiger charge is 2.57. The molecule has 2 atom stereocenters. The summed E-state index contributed by atoms with van der Waals surface area (Å²) < 4.78 is 11.0. The molecule has 1 saturated heterocycles. The van der Waals surface area contributed by atoms with Crippen LogP contribution < -0.4 is 10.6 Å². The van der Waals surface area contributed by atoms with Crippen LogP contribution in [0.4, 0.5) is 4.79 Å². The number of amides is 3. The van der Waals surface area contributed by atoms with Gasteiger partial charge in [0.1, 0.15) is 29.3 Å². The molecule has 4 rings (SSSR count). The first-order valence-corrected chi connectivity index (χ1v) is 14.2. The number of hydrogen-bond donors (Lipinski definition) is 2. The number of carbonyl (C=O) groups excluding carboxylic acids is 4. The van der Waals surface area contributed by atoms with Crippen LogP contribution in [0.3, 0.4) is 0 Å². The zero-order valence-corrected chi connectivity index (χ0v) is 25.3. The first-order valence-electron chi connectivity index (χ1n) is 14.2. The fraction of sp³-hybridized carbons (Fsp3) is 0.353. The Kier molecular flexibility index (Phi) is 9.23. The van der Waals surface area contributed by atoms with E-state index in [1.165, 1.54) is 4.90 Å². The number of carbonyl (C=O) groups is 4. The smallest absolute Gasteiger partial charge is 0.408 e. The minimum atomic E-state index is -1.39. The Morgan fingerprint density at radius 3 is 1.91 bits per heavy atom. The summed E-state index contributed by atoms with van der Waals surface area (Å²) in [5.74, 6) is -1.60. The van der Waals surface area contributed by atoms with Gasteiger partial charge in [-0.1, -0.05) is 91.0 Å². The quantitative estimate of drug-likeness (QED) is 0.263. The Morgan fingerprint density at radius 2 is 1.37 bits per heavy atom. The average Bonchev–Trinajstić information content (AvgIpc) is 2.95. The lowest BCUT2D eigenvalue weighted by molar-refractivity contribution is -0.162. The molecule has 0 saturated carbocycles. The fourth-order valence-electron chi connectivity index (χ4n) is 4.97. The van der Waals surface area contributed by atoms with Crippen LogP contribution in [0.15, 0.2) is 91.0 Å². The van der Waals surface area contributed by atoms with Crippen LogP contribution in [0.25, 0.3) is 0 Å². The van der Waals surface area contributed by atoms with Crippen LogP contribution in [-0.4, -0.2) is 52.0 Å². The highest BCUT2D eigenvalue weighted by atomic mass is 16.6. The summed E-state index contributed by atoms with van der Waals surface area (Å²) in [5, 5.41) is 5.59. The monoisotopic (exact) mass is 585 g/mol. The molecule has 9 nitrogen and oxygen atoms in total. The van der Waals surface area contributed by atoms with E-state index in [0.29, 0.717) is 5.56 Å². The lowest BCUT2D eigenvalue weighted by Crippen LogP contribution is -2.76. The number of benzene rings is 3. The highest BCUT2D eigenvalue weighted by Crippen LogP contribution is 2.36. The van der Waals surface area contributed by atoms with Crippen molar-refractivity contribution < 1.29 is 28.7 Å². The van der Waals surface area contributed by atoms with Crippen LogP contribution >= 0.6 is 0 Å². The van der Waals surface area contributed by atoms with Crippen LogP contribution in [0.5, 0.6) is 0 Å². The largest absolute Gasteiger partial charge is 0.459 e. The number of nitrogens with one attached hydrogen (secondary N) is 2. The number of β-lactam (4-membered cyclic amide) rings is 1. The van der Waals surface area contributed by atoms with E-state index in [0.717, 1.165) is 11.1 Å². The van der Waals surface area contributed by atoms with Crippen LogP contribution in [-0.2, 0) is 36.9 Å². The van der Waals surface area contributed by atoms with Gasteiger partial charge in [-0.3, -0.25) is 9.59 Å². The number of ether oxygens (including phenoxy) is 2. The summed E-state index contributed by atoms with van der Waals surface area (Å²) in [5.41, 5.74) is -1.25. The average molecular weight is 586 g/mol. The Morgan fingerprint density at radius 1 is 0.837 bits per heavy atom. The lowest BCUT2D eigenvalue weighted by Gasteiger charge is -2.51. The van der Waals surface area contributed by atoms with Crippen LogP contribution in [0.2, 0.25) is 0 Å². The van der Waals surface area contributed by atoms with Gasteiger partial charge in [-0.05, 0) is 51.3 Å². The van der Waals surface area contributed by atoms with Crippen molar-refractivity contribution in [3.63, 3.8) is 0 Å². The molecule has 3 aromatic rings. The normalized spacial score (nSPS) is 17.3. The third-order valence-electron chi connectivity index (χ3n) is 7.03. The predicted octanol–water partition coefficient (Wildman–Crippen LogP) is 4.71. The first-order chi connectivity index (χ1) is 20.3. The summed E-state index contributed by atoms with van der Waals surface area (Å²) in [6, 6.07) is 26.4. The van der Waals surface area contributed by atoms with E-state index in [-0.39, 0.29) is 19.6 Å². The van der Waals surface area contributed by atoms with E-state index in [2.05, 4.69) is 10.6 Å².